The van der Waals surface area contributed by atoms with Gasteiger partial charge in [-0.1, -0.05) is 6.92 Å². The van der Waals surface area contributed by atoms with Gasteiger partial charge in [0.15, 0.2) is 0 Å². The van der Waals surface area contributed by atoms with E-state index in [2.05, 4.69) is 15.4 Å². The maximum atomic E-state index is 12.2. The minimum Gasteiger partial charge on any atom is -0.384 e. The molecule has 2 rings (SSSR count). The van der Waals surface area contributed by atoms with Crippen LogP contribution in [0.2, 0.25) is 0 Å². The van der Waals surface area contributed by atoms with Gasteiger partial charge in [0.25, 0.3) is 5.91 Å². The highest BCUT2D eigenvalue weighted by molar-refractivity contribution is 6.04. The molecular formula is C14H19N5O2. The number of nitrogens with zero attached hydrogens (tertiary/aromatic N) is 3. The Morgan fingerprint density at radius 3 is 3.00 bits per heavy atom. The number of hydrogen-bond donors (Lipinski definition) is 2. The molecule has 3 N–H and O–H groups in total. The average molecular weight is 289 g/mol. The molecule has 7 heteroatoms. The van der Waals surface area contributed by atoms with Gasteiger partial charge in [-0.2, -0.15) is 5.10 Å². The second-order valence-electron chi connectivity index (χ2n) is 4.56. The van der Waals surface area contributed by atoms with Gasteiger partial charge in [0.1, 0.15) is 5.82 Å². The highest BCUT2D eigenvalue weighted by atomic mass is 16.5. The van der Waals surface area contributed by atoms with Gasteiger partial charge in [0, 0.05) is 24.6 Å². The Kier molecular flexibility index (Phi) is 4.89. The zero-order chi connectivity index (χ0) is 15.2. The lowest BCUT2D eigenvalue weighted by Gasteiger charge is -2.05. The first-order valence-electron chi connectivity index (χ1n) is 6.71. The molecule has 0 bridgehead atoms. The van der Waals surface area contributed by atoms with Crippen LogP contribution in [-0.4, -0.2) is 34.4 Å². The molecule has 21 heavy (non-hydrogen) atoms. The smallest absolute Gasteiger partial charge is 0.255 e. The molecule has 0 aliphatic rings. The van der Waals surface area contributed by atoms with Gasteiger partial charge in [-0.15, -0.1) is 0 Å². The van der Waals surface area contributed by atoms with Crippen LogP contribution >= 0.6 is 0 Å². The number of nitrogens with two attached hydrogens (primary N) is 1. The van der Waals surface area contributed by atoms with E-state index in [4.69, 9.17) is 10.5 Å². The van der Waals surface area contributed by atoms with Gasteiger partial charge in [-0.3, -0.25) is 9.48 Å². The summed E-state index contributed by atoms with van der Waals surface area (Å²) in [5.41, 5.74) is 7.61. The standard InChI is InChI=1S/C14H19N5O2/c1-3-11-6-10(7-13(15)17-11)14(20)18-12-8-16-19(9-12)4-5-21-2/h6-9H,3-5H2,1-2H3,(H2,15,17)(H,18,20). The largest absolute Gasteiger partial charge is 0.384 e. The maximum absolute atomic E-state index is 12.2. The predicted octanol–water partition coefficient (Wildman–Crippen LogP) is 1.32. The van der Waals surface area contributed by atoms with Crippen molar-refractivity contribution in [1.29, 1.82) is 0 Å². The molecule has 0 aliphatic carbocycles. The fourth-order valence-electron chi connectivity index (χ4n) is 1.86. The summed E-state index contributed by atoms with van der Waals surface area (Å²) < 4.78 is 6.68. The summed E-state index contributed by atoms with van der Waals surface area (Å²) in [5.74, 6) is 0.111. The van der Waals surface area contributed by atoms with Gasteiger partial charge < -0.3 is 15.8 Å². The topological polar surface area (TPSA) is 95.1 Å². The number of amides is 1. The Morgan fingerprint density at radius 2 is 2.29 bits per heavy atom. The molecule has 2 aromatic rings. The zero-order valence-electron chi connectivity index (χ0n) is 12.2. The zero-order valence-corrected chi connectivity index (χ0v) is 12.2. The number of methoxy groups -OCH3 is 1. The quantitative estimate of drug-likeness (QED) is 0.836. The number of hydrogen-bond acceptors (Lipinski definition) is 5. The summed E-state index contributed by atoms with van der Waals surface area (Å²) in [6.07, 6.45) is 4.07. The molecule has 0 atom stereocenters. The summed E-state index contributed by atoms with van der Waals surface area (Å²) in [7, 11) is 1.63. The lowest BCUT2D eigenvalue weighted by Crippen LogP contribution is -2.13. The predicted molar refractivity (Wildman–Crippen MR) is 80.1 cm³/mol. The van der Waals surface area contributed by atoms with Crippen LogP contribution in [0.4, 0.5) is 11.5 Å². The lowest BCUT2D eigenvalue weighted by atomic mass is 10.2. The van der Waals surface area contributed by atoms with Crippen LogP contribution in [0.25, 0.3) is 0 Å². The molecule has 2 aromatic heterocycles. The minimum atomic E-state index is -0.231. The molecular weight excluding hydrogens is 270 g/mol. The summed E-state index contributed by atoms with van der Waals surface area (Å²) in [6, 6.07) is 3.30. The highest BCUT2D eigenvalue weighted by Crippen LogP contribution is 2.12. The third-order valence-electron chi connectivity index (χ3n) is 2.94. The molecule has 1 amide bonds. The highest BCUT2D eigenvalue weighted by Gasteiger charge is 2.10. The van der Waals surface area contributed by atoms with E-state index in [1.165, 1.54) is 0 Å². The first-order chi connectivity index (χ1) is 10.1. The Hall–Kier alpha value is -2.41. The van der Waals surface area contributed by atoms with Gasteiger partial charge >= 0.3 is 0 Å². The van der Waals surface area contributed by atoms with Crippen LogP contribution in [0, 0.1) is 0 Å². The van der Waals surface area contributed by atoms with E-state index < -0.39 is 0 Å². The van der Waals surface area contributed by atoms with E-state index in [-0.39, 0.29) is 5.91 Å². The number of nitrogen functional groups attached to an aromatic ring is 1. The SMILES string of the molecule is CCc1cc(C(=O)Nc2cnn(CCOC)c2)cc(N)n1. The second kappa shape index (κ2) is 6.85. The van der Waals surface area contributed by atoms with Crippen molar-refractivity contribution in [3.8, 4) is 0 Å². The Bertz CT molecular complexity index is 624. The van der Waals surface area contributed by atoms with Crippen LogP contribution in [0.15, 0.2) is 24.5 Å². The number of aromatic nitrogens is 3. The van der Waals surface area contributed by atoms with Crippen molar-refractivity contribution >= 4 is 17.4 Å². The van der Waals surface area contributed by atoms with Crippen LogP contribution in [0.5, 0.6) is 0 Å². The molecule has 7 nitrogen and oxygen atoms in total. The van der Waals surface area contributed by atoms with Crippen molar-refractivity contribution in [2.75, 3.05) is 24.8 Å². The van der Waals surface area contributed by atoms with Crippen molar-refractivity contribution in [1.82, 2.24) is 14.8 Å². The van der Waals surface area contributed by atoms with Crippen LogP contribution < -0.4 is 11.1 Å². The van der Waals surface area contributed by atoms with Crippen LogP contribution in [0.3, 0.4) is 0 Å². The van der Waals surface area contributed by atoms with E-state index in [1.54, 1.807) is 36.3 Å². The lowest BCUT2D eigenvalue weighted by molar-refractivity contribution is 0.102. The van der Waals surface area contributed by atoms with Crippen molar-refractivity contribution in [3.05, 3.63) is 35.8 Å². The van der Waals surface area contributed by atoms with Crippen molar-refractivity contribution in [2.24, 2.45) is 0 Å². The van der Waals surface area contributed by atoms with E-state index >= 15 is 0 Å². The third kappa shape index (κ3) is 4.03. The molecule has 0 unspecified atom stereocenters. The van der Waals surface area contributed by atoms with E-state index in [0.717, 1.165) is 12.1 Å². The van der Waals surface area contributed by atoms with Crippen LogP contribution in [-0.2, 0) is 17.7 Å². The fraction of sp³-hybridized carbons (Fsp3) is 0.357. The monoisotopic (exact) mass is 289 g/mol. The molecule has 0 radical (unpaired) electrons. The Balaban J connectivity index is 2.07. The fourth-order valence-corrected chi connectivity index (χ4v) is 1.86. The average Bonchev–Trinajstić information content (AvgIpc) is 2.91. The summed E-state index contributed by atoms with van der Waals surface area (Å²) in [6.45, 7) is 3.16. The summed E-state index contributed by atoms with van der Waals surface area (Å²) in [4.78, 5) is 16.3. The van der Waals surface area contributed by atoms with Crippen molar-refractivity contribution < 1.29 is 9.53 Å². The number of pyridine rings is 1. The van der Waals surface area contributed by atoms with E-state index in [1.807, 2.05) is 6.92 Å². The van der Waals surface area contributed by atoms with Gasteiger partial charge in [0.05, 0.1) is 25.0 Å². The molecule has 0 saturated carbocycles. The number of rotatable bonds is 6. The van der Waals surface area contributed by atoms with Gasteiger partial charge in [-0.05, 0) is 18.6 Å². The third-order valence-corrected chi connectivity index (χ3v) is 2.94. The molecule has 0 aliphatic heterocycles. The van der Waals surface area contributed by atoms with Crippen molar-refractivity contribution in [2.45, 2.75) is 19.9 Å². The molecule has 0 aromatic carbocycles. The number of anilines is 2. The molecule has 112 valence electrons. The number of nitrogens with one attached hydrogen (secondary N) is 1. The molecule has 0 spiro atoms. The first kappa shape index (κ1) is 15.0. The molecule has 0 fully saturated rings. The number of carbonyl (C=O) groups excluding carboxylic acids is 1. The first-order valence-corrected chi connectivity index (χ1v) is 6.71. The molecule has 2 heterocycles. The van der Waals surface area contributed by atoms with Crippen LogP contribution in [0.1, 0.15) is 23.0 Å². The Labute approximate surface area is 123 Å². The summed E-state index contributed by atoms with van der Waals surface area (Å²) in [5, 5.41) is 6.92. The summed E-state index contributed by atoms with van der Waals surface area (Å²) >= 11 is 0. The normalized spacial score (nSPS) is 10.6. The minimum absolute atomic E-state index is 0.231. The van der Waals surface area contributed by atoms with E-state index in [9.17, 15) is 4.79 Å². The van der Waals surface area contributed by atoms with Gasteiger partial charge in [-0.25, -0.2) is 4.98 Å². The number of ether oxygens (including phenoxy) is 1. The maximum Gasteiger partial charge on any atom is 0.255 e. The van der Waals surface area contributed by atoms with E-state index in [0.29, 0.717) is 30.2 Å². The second-order valence-corrected chi connectivity index (χ2v) is 4.56. The van der Waals surface area contributed by atoms with Gasteiger partial charge in [0.2, 0.25) is 0 Å². The molecule has 0 saturated heterocycles. The number of aryl methyl sites for hydroxylation is 1. The Morgan fingerprint density at radius 1 is 1.48 bits per heavy atom. The number of carbonyl (C=O) groups is 1. The van der Waals surface area contributed by atoms with Crippen molar-refractivity contribution in [3.63, 3.8) is 0 Å².